The molecule has 2 aromatic rings. The number of nitrogens with one attached hydrogen (secondary N) is 1. The van der Waals surface area contributed by atoms with E-state index in [2.05, 4.69) is 10.3 Å². The number of benzene rings is 1. The number of anilines is 1. The number of hydrogen-bond acceptors (Lipinski definition) is 5. The maximum atomic E-state index is 11.9. The number of esters is 1. The van der Waals surface area contributed by atoms with Crippen molar-refractivity contribution in [3.63, 3.8) is 0 Å². The Bertz CT molecular complexity index is 700. The molecule has 0 aliphatic carbocycles. The summed E-state index contributed by atoms with van der Waals surface area (Å²) in [6, 6.07) is 12.8. The van der Waals surface area contributed by atoms with Crippen LogP contribution in [0.15, 0.2) is 59.8 Å². The van der Waals surface area contributed by atoms with Crippen molar-refractivity contribution in [3.05, 3.63) is 60.3 Å². The average molecular weight is 342 g/mol. The summed E-state index contributed by atoms with van der Waals surface area (Å²) in [7, 11) is 0. The minimum Gasteiger partial charge on any atom is -0.463 e. The van der Waals surface area contributed by atoms with Gasteiger partial charge in [-0.25, -0.2) is 9.78 Å². The molecule has 1 aromatic carbocycles. The van der Waals surface area contributed by atoms with E-state index in [1.165, 1.54) is 17.8 Å². The van der Waals surface area contributed by atoms with Crippen LogP contribution in [-0.4, -0.2) is 29.2 Å². The first-order valence-electron chi connectivity index (χ1n) is 7.46. The number of ether oxygens (including phenoxy) is 1. The molecule has 1 N–H and O–H groups in total. The summed E-state index contributed by atoms with van der Waals surface area (Å²) in [6.07, 6.45) is 4.74. The van der Waals surface area contributed by atoms with Crippen LogP contribution >= 0.6 is 11.8 Å². The van der Waals surface area contributed by atoms with Crippen LogP contribution in [-0.2, 0) is 14.3 Å². The van der Waals surface area contributed by atoms with Gasteiger partial charge in [0.05, 0.1) is 17.4 Å². The Hall–Kier alpha value is -2.60. The molecule has 124 valence electrons. The lowest BCUT2D eigenvalue weighted by molar-refractivity contribution is -0.137. The number of carbonyl (C=O) groups excluding carboxylic acids is 2. The standard InChI is InChI=1S/C18H18N2O3S/c1-2-23-18(22)11-8-14-6-9-15(10-7-14)20-16(21)13-24-17-5-3-4-12-19-17/h3-12H,2,13H2,1H3,(H,20,21). The first-order chi connectivity index (χ1) is 11.7. The highest BCUT2D eigenvalue weighted by molar-refractivity contribution is 7.99. The number of aromatic nitrogens is 1. The number of pyridine rings is 1. The molecule has 0 aliphatic heterocycles. The largest absolute Gasteiger partial charge is 0.463 e. The quantitative estimate of drug-likeness (QED) is 0.474. The summed E-state index contributed by atoms with van der Waals surface area (Å²) in [5, 5.41) is 3.63. The number of nitrogens with zero attached hydrogens (tertiary/aromatic N) is 1. The number of carbonyl (C=O) groups is 2. The van der Waals surface area contributed by atoms with Crippen molar-refractivity contribution >= 4 is 35.4 Å². The van der Waals surface area contributed by atoms with Gasteiger partial charge in [-0.1, -0.05) is 30.0 Å². The Balaban J connectivity index is 1.82. The van der Waals surface area contributed by atoms with Crippen LogP contribution in [0.25, 0.3) is 6.08 Å². The molecule has 6 heteroatoms. The predicted octanol–water partition coefficient (Wildman–Crippen LogP) is 3.39. The van der Waals surface area contributed by atoms with Crippen LogP contribution in [0, 0.1) is 0 Å². The van der Waals surface area contributed by atoms with Crippen molar-refractivity contribution in [2.45, 2.75) is 11.9 Å². The van der Waals surface area contributed by atoms with E-state index in [1.807, 2.05) is 30.3 Å². The Kier molecular flexibility index (Phi) is 7.04. The molecule has 0 spiro atoms. The Morgan fingerprint density at radius 2 is 2.00 bits per heavy atom. The smallest absolute Gasteiger partial charge is 0.330 e. The predicted molar refractivity (Wildman–Crippen MR) is 95.7 cm³/mol. The van der Waals surface area contributed by atoms with Crippen molar-refractivity contribution < 1.29 is 14.3 Å². The monoisotopic (exact) mass is 342 g/mol. The van der Waals surface area contributed by atoms with Gasteiger partial charge in [0.25, 0.3) is 0 Å². The Morgan fingerprint density at radius 3 is 2.67 bits per heavy atom. The molecule has 0 saturated heterocycles. The number of hydrogen-bond donors (Lipinski definition) is 1. The molecule has 2 rings (SSSR count). The fraction of sp³-hybridized carbons (Fsp3) is 0.167. The molecule has 24 heavy (non-hydrogen) atoms. The fourth-order valence-electron chi connectivity index (χ4n) is 1.80. The van der Waals surface area contributed by atoms with Crippen LogP contribution in [0.4, 0.5) is 5.69 Å². The Labute approximate surface area is 145 Å². The summed E-state index contributed by atoms with van der Waals surface area (Å²) < 4.78 is 4.81. The zero-order chi connectivity index (χ0) is 17.2. The number of rotatable bonds is 7. The highest BCUT2D eigenvalue weighted by Crippen LogP contribution is 2.15. The summed E-state index contributed by atoms with van der Waals surface area (Å²) >= 11 is 1.38. The van der Waals surface area contributed by atoms with E-state index in [-0.39, 0.29) is 11.9 Å². The molecular formula is C18H18N2O3S. The number of thioether (sulfide) groups is 1. The van der Waals surface area contributed by atoms with E-state index in [0.29, 0.717) is 18.0 Å². The molecule has 0 aliphatic rings. The van der Waals surface area contributed by atoms with Gasteiger partial charge >= 0.3 is 5.97 Å². The van der Waals surface area contributed by atoms with Crippen LogP contribution in [0.1, 0.15) is 12.5 Å². The summed E-state index contributed by atoms with van der Waals surface area (Å²) in [6.45, 7) is 2.11. The molecule has 1 amide bonds. The van der Waals surface area contributed by atoms with Gasteiger partial charge in [0.1, 0.15) is 0 Å². The second kappa shape index (κ2) is 9.52. The van der Waals surface area contributed by atoms with Crippen LogP contribution < -0.4 is 5.32 Å². The summed E-state index contributed by atoms with van der Waals surface area (Å²) in [5.74, 6) is -0.177. The third-order valence-electron chi connectivity index (χ3n) is 2.88. The average Bonchev–Trinajstić information content (AvgIpc) is 2.60. The van der Waals surface area contributed by atoms with E-state index < -0.39 is 0 Å². The lowest BCUT2D eigenvalue weighted by atomic mass is 10.2. The minimum atomic E-state index is -0.374. The molecule has 0 bridgehead atoms. The molecule has 1 aromatic heterocycles. The van der Waals surface area contributed by atoms with Gasteiger partial charge in [-0.15, -0.1) is 0 Å². The molecule has 0 fully saturated rings. The van der Waals surface area contributed by atoms with Gasteiger partial charge in [0, 0.05) is 18.0 Å². The van der Waals surface area contributed by atoms with Crippen molar-refractivity contribution in [2.75, 3.05) is 17.7 Å². The van der Waals surface area contributed by atoms with E-state index in [0.717, 1.165) is 10.6 Å². The van der Waals surface area contributed by atoms with Gasteiger partial charge in [-0.3, -0.25) is 4.79 Å². The van der Waals surface area contributed by atoms with E-state index >= 15 is 0 Å². The first-order valence-corrected chi connectivity index (χ1v) is 8.44. The van der Waals surface area contributed by atoms with Crippen LogP contribution in [0.5, 0.6) is 0 Å². The lowest BCUT2D eigenvalue weighted by Gasteiger charge is -2.05. The normalized spacial score (nSPS) is 10.5. The zero-order valence-electron chi connectivity index (χ0n) is 13.3. The molecule has 0 saturated carbocycles. The second-order valence-electron chi connectivity index (χ2n) is 4.71. The third kappa shape index (κ3) is 6.26. The molecule has 5 nitrogen and oxygen atoms in total. The fourth-order valence-corrected chi connectivity index (χ4v) is 2.46. The van der Waals surface area contributed by atoms with Crippen molar-refractivity contribution in [1.29, 1.82) is 0 Å². The topological polar surface area (TPSA) is 68.3 Å². The molecule has 1 heterocycles. The lowest BCUT2D eigenvalue weighted by Crippen LogP contribution is -2.13. The van der Waals surface area contributed by atoms with Gasteiger partial charge in [0.2, 0.25) is 5.91 Å². The van der Waals surface area contributed by atoms with Crippen LogP contribution in [0.2, 0.25) is 0 Å². The summed E-state index contributed by atoms with van der Waals surface area (Å²) in [4.78, 5) is 27.3. The van der Waals surface area contributed by atoms with Gasteiger partial charge in [0.15, 0.2) is 0 Å². The van der Waals surface area contributed by atoms with Gasteiger partial charge in [-0.2, -0.15) is 0 Å². The van der Waals surface area contributed by atoms with E-state index in [9.17, 15) is 9.59 Å². The maximum Gasteiger partial charge on any atom is 0.330 e. The summed E-state index contributed by atoms with van der Waals surface area (Å²) in [5.41, 5.74) is 1.55. The van der Waals surface area contributed by atoms with Gasteiger partial charge < -0.3 is 10.1 Å². The number of amides is 1. The highest BCUT2D eigenvalue weighted by Gasteiger charge is 2.04. The van der Waals surface area contributed by atoms with Crippen molar-refractivity contribution in [3.8, 4) is 0 Å². The molecular weight excluding hydrogens is 324 g/mol. The molecule has 0 atom stereocenters. The van der Waals surface area contributed by atoms with Crippen molar-refractivity contribution in [2.24, 2.45) is 0 Å². The van der Waals surface area contributed by atoms with E-state index in [4.69, 9.17) is 4.74 Å². The maximum absolute atomic E-state index is 11.9. The van der Waals surface area contributed by atoms with Crippen molar-refractivity contribution in [1.82, 2.24) is 4.98 Å². The Morgan fingerprint density at radius 1 is 1.21 bits per heavy atom. The molecule has 0 unspecified atom stereocenters. The van der Waals surface area contributed by atoms with E-state index in [1.54, 1.807) is 31.3 Å². The zero-order valence-corrected chi connectivity index (χ0v) is 14.1. The third-order valence-corrected chi connectivity index (χ3v) is 3.83. The minimum absolute atomic E-state index is 0.0968. The second-order valence-corrected chi connectivity index (χ2v) is 5.71. The molecule has 0 radical (unpaired) electrons. The van der Waals surface area contributed by atoms with Gasteiger partial charge in [-0.05, 0) is 42.8 Å². The highest BCUT2D eigenvalue weighted by atomic mass is 32.2. The SMILES string of the molecule is CCOC(=O)C=Cc1ccc(NC(=O)CSc2ccccn2)cc1. The first kappa shape index (κ1) is 17.7. The van der Waals surface area contributed by atoms with Crippen LogP contribution in [0.3, 0.4) is 0 Å².